The first kappa shape index (κ1) is 13.6. The highest BCUT2D eigenvalue weighted by Crippen LogP contribution is 2.20. The average molecular weight is 276 g/mol. The molecule has 3 aromatic rings. The fourth-order valence-electron chi connectivity index (χ4n) is 2.59. The SMILES string of the molecule is Cc1cc(C)c(CNc2ccc3ncccc3c2)cc1C. The van der Waals surface area contributed by atoms with Gasteiger partial charge in [0.1, 0.15) is 0 Å². The summed E-state index contributed by atoms with van der Waals surface area (Å²) in [6, 6.07) is 14.9. The van der Waals surface area contributed by atoms with E-state index in [0.717, 1.165) is 17.7 Å². The number of benzene rings is 2. The van der Waals surface area contributed by atoms with Crippen LogP contribution in [0.15, 0.2) is 48.7 Å². The van der Waals surface area contributed by atoms with Crippen LogP contribution in [0.25, 0.3) is 10.9 Å². The number of anilines is 1. The zero-order chi connectivity index (χ0) is 14.8. The molecule has 2 aromatic carbocycles. The summed E-state index contributed by atoms with van der Waals surface area (Å²) in [5.74, 6) is 0. The van der Waals surface area contributed by atoms with Gasteiger partial charge in [0, 0.05) is 23.8 Å². The molecule has 2 heteroatoms. The Labute approximate surface area is 125 Å². The van der Waals surface area contributed by atoms with Gasteiger partial charge in [-0.15, -0.1) is 0 Å². The van der Waals surface area contributed by atoms with Gasteiger partial charge in [0.05, 0.1) is 5.52 Å². The van der Waals surface area contributed by atoms with Crippen LogP contribution in [-0.4, -0.2) is 4.98 Å². The van der Waals surface area contributed by atoms with E-state index in [1.54, 1.807) is 0 Å². The van der Waals surface area contributed by atoms with Gasteiger partial charge < -0.3 is 5.32 Å². The minimum atomic E-state index is 0.846. The summed E-state index contributed by atoms with van der Waals surface area (Å²) in [4.78, 5) is 4.35. The minimum absolute atomic E-state index is 0.846. The molecule has 0 aliphatic heterocycles. The second kappa shape index (κ2) is 5.57. The van der Waals surface area contributed by atoms with Crippen molar-refractivity contribution < 1.29 is 0 Å². The second-order valence-corrected chi connectivity index (χ2v) is 5.63. The lowest BCUT2D eigenvalue weighted by Gasteiger charge is -2.12. The molecule has 2 nitrogen and oxygen atoms in total. The number of fused-ring (bicyclic) bond motifs is 1. The van der Waals surface area contributed by atoms with Crippen molar-refractivity contribution in [2.24, 2.45) is 0 Å². The number of pyridine rings is 1. The Balaban J connectivity index is 1.81. The molecule has 0 spiro atoms. The van der Waals surface area contributed by atoms with E-state index in [1.807, 2.05) is 12.3 Å². The quantitative estimate of drug-likeness (QED) is 0.745. The molecule has 0 amide bonds. The van der Waals surface area contributed by atoms with Gasteiger partial charge in [-0.2, -0.15) is 0 Å². The predicted molar refractivity (Wildman–Crippen MR) is 89.7 cm³/mol. The number of nitrogens with one attached hydrogen (secondary N) is 1. The molecule has 0 bridgehead atoms. The summed E-state index contributed by atoms with van der Waals surface area (Å²) < 4.78 is 0. The van der Waals surface area contributed by atoms with Crippen LogP contribution in [0, 0.1) is 20.8 Å². The molecule has 1 N–H and O–H groups in total. The molecule has 0 saturated carbocycles. The van der Waals surface area contributed by atoms with Gasteiger partial charge in [0.15, 0.2) is 0 Å². The molecule has 0 fully saturated rings. The van der Waals surface area contributed by atoms with Gasteiger partial charge in [-0.3, -0.25) is 4.98 Å². The molecule has 0 aliphatic rings. The van der Waals surface area contributed by atoms with Crippen LogP contribution in [0.4, 0.5) is 5.69 Å². The molecule has 0 unspecified atom stereocenters. The van der Waals surface area contributed by atoms with Crippen LogP contribution in [0.3, 0.4) is 0 Å². The fourth-order valence-corrected chi connectivity index (χ4v) is 2.59. The van der Waals surface area contributed by atoms with Crippen molar-refractivity contribution in [3.63, 3.8) is 0 Å². The van der Waals surface area contributed by atoms with E-state index >= 15 is 0 Å². The fraction of sp³-hybridized carbons (Fsp3) is 0.211. The number of nitrogens with zero attached hydrogens (tertiary/aromatic N) is 1. The molecule has 1 aromatic heterocycles. The van der Waals surface area contributed by atoms with Crippen molar-refractivity contribution in [2.45, 2.75) is 27.3 Å². The summed E-state index contributed by atoms with van der Waals surface area (Å²) in [7, 11) is 0. The van der Waals surface area contributed by atoms with E-state index in [2.05, 4.69) is 67.5 Å². The second-order valence-electron chi connectivity index (χ2n) is 5.63. The van der Waals surface area contributed by atoms with Gasteiger partial charge in [-0.25, -0.2) is 0 Å². The minimum Gasteiger partial charge on any atom is -0.381 e. The van der Waals surface area contributed by atoms with Crippen molar-refractivity contribution in [2.75, 3.05) is 5.32 Å². The number of hydrogen-bond donors (Lipinski definition) is 1. The molecular weight excluding hydrogens is 256 g/mol. The highest BCUT2D eigenvalue weighted by atomic mass is 14.9. The van der Waals surface area contributed by atoms with Crippen molar-refractivity contribution in [1.82, 2.24) is 4.98 Å². The van der Waals surface area contributed by atoms with Gasteiger partial charge >= 0.3 is 0 Å². The Hall–Kier alpha value is -2.35. The lowest BCUT2D eigenvalue weighted by Crippen LogP contribution is -2.02. The molecule has 0 aliphatic carbocycles. The van der Waals surface area contributed by atoms with Gasteiger partial charge in [0.25, 0.3) is 0 Å². The Bertz CT molecular complexity index is 791. The third kappa shape index (κ3) is 2.89. The molecule has 21 heavy (non-hydrogen) atoms. The Morgan fingerprint density at radius 2 is 1.71 bits per heavy atom. The summed E-state index contributed by atoms with van der Waals surface area (Å²) in [5, 5.41) is 4.68. The summed E-state index contributed by atoms with van der Waals surface area (Å²) in [6.07, 6.45) is 1.83. The molecule has 0 saturated heterocycles. The Kier molecular flexibility index (Phi) is 3.61. The first-order valence-electron chi connectivity index (χ1n) is 7.29. The number of aromatic nitrogens is 1. The monoisotopic (exact) mass is 276 g/mol. The highest BCUT2D eigenvalue weighted by Gasteiger charge is 2.02. The van der Waals surface area contributed by atoms with E-state index in [1.165, 1.54) is 27.6 Å². The average Bonchev–Trinajstić information content (AvgIpc) is 2.49. The topological polar surface area (TPSA) is 24.9 Å². The van der Waals surface area contributed by atoms with E-state index in [-0.39, 0.29) is 0 Å². The lowest BCUT2D eigenvalue weighted by molar-refractivity contribution is 1.10. The zero-order valence-electron chi connectivity index (χ0n) is 12.8. The predicted octanol–water partition coefficient (Wildman–Crippen LogP) is 4.77. The lowest BCUT2D eigenvalue weighted by atomic mass is 10.0. The van der Waals surface area contributed by atoms with E-state index < -0.39 is 0 Å². The summed E-state index contributed by atoms with van der Waals surface area (Å²) in [6.45, 7) is 7.35. The third-order valence-electron chi connectivity index (χ3n) is 4.04. The Morgan fingerprint density at radius 1 is 0.905 bits per heavy atom. The number of hydrogen-bond acceptors (Lipinski definition) is 2. The van der Waals surface area contributed by atoms with Crippen LogP contribution in [0.2, 0.25) is 0 Å². The first-order chi connectivity index (χ1) is 10.1. The molecule has 0 atom stereocenters. The Morgan fingerprint density at radius 3 is 2.57 bits per heavy atom. The van der Waals surface area contributed by atoms with Crippen LogP contribution < -0.4 is 5.32 Å². The normalized spacial score (nSPS) is 10.8. The molecule has 106 valence electrons. The largest absolute Gasteiger partial charge is 0.381 e. The third-order valence-corrected chi connectivity index (χ3v) is 4.04. The van der Waals surface area contributed by atoms with Crippen LogP contribution in [-0.2, 0) is 6.54 Å². The maximum Gasteiger partial charge on any atom is 0.0703 e. The maximum absolute atomic E-state index is 4.35. The van der Waals surface area contributed by atoms with Crippen molar-refractivity contribution in [3.05, 3.63) is 70.9 Å². The molecular formula is C19H20N2. The maximum atomic E-state index is 4.35. The molecule has 0 radical (unpaired) electrons. The van der Waals surface area contributed by atoms with Crippen molar-refractivity contribution in [1.29, 1.82) is 0 Å². The first-order valence-corrected chi connectivity index (χ1v) is 7.29. The van der Waals surface area contributed by atoms with Crippen molar-refractivity contribution in [3.8, 4) is 0 Å². The van der Waals surface area contributed by atoms with Gasteiger partial charge in [0.2, 0.25) is 0 Å². The van der Waals surface area contributed by atoms with Gasteiger partial charge in [-0.1, -0.05) is 18.2 Å². The standard InChI is InChI=1S/C19H20N2/c1-13-9-15(3)17(10-14(13)2)12-21-18-6-7-19-16(11-18)5-4-8-20-19/h4-11,21H,12H2,1-3H3. The van der Waals surface area contributed by atoms with Crippen LogP contribution >= 0.6 is 0 Å². The van der Waals surface area contributed by atoms with E-state index in [9.17, 15) is 0 Å². The van der Waals surface area contributed by atoms with Crippen LogP contribution in [0.5, 0.6) is 0 Å². The van der Waals surface area contributed by atoms with E-state index in [4.69, 9.17) is 0 Å². The zero-order valence-corrected chi connectivity index (χ0v) is 12.8. The summed E-state index contributed by atoms with van der Waals surface area (Å²) in [5.41, 5.74) is 7.56. The number of rotatable bonds is 3. The molecule has 3 rings (SSSR count). The highest BCUT2D eigenvalue weighted by molar-refractivity contribution is 5.82. The number of aryl methyl sites for hydroxylation is 3. The van der Waals surface area contributed by atoms with Crippen molar-refractivity contribution >= 4 is 16.6 Å². The smallest absolute Gasteiger partial charge is 0.0703 e. The molecule has 1 heterocycles. The van der Waals surface area contributed by atoms with E-state index in [0.29, 0.717) is 0 Å². The van der Waals surface area contributed by atoms with Crippen LogP contribution in [0.1, 0.15) is 22.3 Å². The summed E-state index contributed by atoms with van der Waals surface area (Å²) >= 11 is 0. The van der Waals surface area contributed by atoms with Gasteiger partial charge in [-0.05, 0) is 67.3 Å².